The van der Waals surface area contributed by atoms with Gasteiger partial charge in [0.05, 0.1) is 11.3 Å². The number of nitrogens with zero attached hydrogens (tertiary/aromatic N) is 1. The van der Waals surface area contributed by atoms with Crippen molar-refractivity contribution in [2.24, 2.45) is 5.92 Å². The first-order valence-electron chi connectivity index (χ1n) is 11.7. The van der Waals surface area contributed by atoms with E-state index in [0.29, 0.717) is 18.5 Å². The SMILES string of the molecule is CN(C(=O)C1CC(NC(=O)OCC2c3ccccc3-c3ccccc32)C1)c1ccccc1C(=O)O. The van der Waals surface area contributed by atoms with E-state index in [1.165, 1.54) is 22.1 Å². The van der Waals surface area contributed by atoms with Gasteiger partial charge in [0.2, 0.25) is 5.91 Å². The van der Waals surface area contributed by atoms with Gasteiger partial charge in [0, 0.05) is 24.9 Å². The van der Waals surface area contributed by atoms with Gasteiger partial charge < -0.3 is 20.1 Å². The Hall–Kier alpha value is -4.13. The molecule has 1 saturated carbocycles. The first-order chi connectivity index (χ1) is 16.9. The molecule has 2 aliphatic carbocycles. The number of carbonyl (C=O) groups is 3. The van der Waals surface area contributed by atoms with Gasteiger partial charge in [-0.15, -0.1) is 0 Å². The van der Waals surface area contributed by atoms with Crippen LogP contribution in [0.2, 0.25) is 0 Å². The molecule has 2 aliphatic rings. The molecule has 7 nitrogen and oxygen atoms in total. The van der Waals surface area contributed by atoms with Crippen LogP contribution in [0.25, 0.3) is 11.1 Å². The van der Waals surface area contributed by atoms with E-state index in [0.717, 1.165) is 11.1 Å². The van der Waals surface area contributed by atoms with Gasteiger partial charge in [-0.2, -0.15) is 0 Å². The molecule has 178 valence electrons. The number of nitrogens with one attached hydrogen (secondary N) is 1. The highest BCUT2D eigenvalue weighted by molar-refractivity contribution is 6.02. The standard InChI is InChI=1S/C28H26N2O5/c1-30(25-13-7-6-12-23(25)27(32)33)26(31)17-14-18(15-17)29-28(34)35-16-24-21-10-4-2-8-19(21)20-9-3-5-11-22(20)24/h2-13,17-18,24H,14-16H2,1H3,(H,29,34)(H,32,33). The van der Waals surface area contributed by atoms with E-state index in [-0.39, 0.29) is 36.0 Å². The van der Waals surface area contributed by atoms with Gasteiger partial charge in [-0.1, -0.05) is 60.7 Å². The maximum absolute atomic E-state index is 12.9. The summed E-state index contributed by atoms with van der Waals surface area (Å²) in [5.74, 6) is -1.53. The van der Waals surface area contributed by atoms with Gasteiger partial charge in [0.25, 0.3) is 0 Å². The van der Waals surface area contributed by atoms with Crippen molar-refractivity contribution >= 4 is 23.7 Å². The Morgan fingerprint density at radius 3 is 2.11 bits per heavy atom. The van der Waals surface area contributed by atoms with E-state index in [1.807, 2.05) is 24.3 Å². The highest BCUT2D eigenvalue weighted by Gasteiger charge is 2.38. The second kappa shape index (κ2) is 9.25. The van der Waals surface area contributed by atoms with Gasteiger partial charge in [0.1, 0.15) is 6.61 Å². The quantitative estimate of drug-likeness (QED) is 0.546. The third-order valence-corrected chi connectivity index (χ3v) is 6.98. The lowest BCUT2D eigenvalue weighted by Crippen LogP contribution is -2.50. The van der Waals surface area contributed by atoms with Crippen LogP contribution in [0.15, 0.2) is 72.8 Å². The van der Waals surface area contributed by atoms with Crippen molar-refractivity contribution in [3.63, 3.8) is 0 Å². The summed E-state index contributed by atoms with van der Waals surface area (Å²) in [4.78, 5) is 38.2. The summed E-state index contributed by atoms with van der Waals surface area (Å²) in [6.45, 7) is 0.240. The molecular weight excluding hydrogens is 444 g/mol. The number of carbonyl (C=O) groups excluding carboxylic acids is 2. The maximum atomic E-state index is 12.9. The number of benzene rings is 3. The molecule has 3 aromatic carbocycles. The minimum absolute atomic E-state index is 0.00757. The number of ether oxygens (including phenoxy) is 1. The lowest BCUT2D eigenvalue weighted by molar-refractivity contribution is -0.125. The number of fused-ring (bicyclic) bond motifs is 3. The van der Waals surface area contributed by atoms with Crippen LogP contribution in [0.4, 0.5) is 10.5 Å². The topological polar surface area (TPSA) is 95.9 Å². The van der Waals surface area contributed by atoms with Crippen molar-refractivity contribution in [2.45, 2.75) is 24.8 Å². The van der Waals surface area contributed by atoms with Crippen LogP contribution in [0, 0.1) is 5.92 Å². The monoisotopic (exact) mass is 470 g/mol. The molecule has 1 fully saturated rings. The number of carboxylic acid groups (broad SMARTS) is 1. The van der Waals surface area contributed by atoms with Crippen LogP contribution in [0.1, 0.15) is 40.2 Å². The number of alkyl carbamates (subject to hydrolysis) is 1. The molecule has 0 radical (unpaired) electrons. The van der Waals surface area contributed by atoms with Crippen molar-refractivity contribution in [1.82, 2.24) is 5.32 Å². The van der Waals surface area contributed by atoms with Gasteiger partial charge in [-0.3, -0.25) is 4.79 Å². The molecule has 0 aliphatic heterocycles. The zero-order valence-electron chi connectivity index (χ0n) is 19.3. The second-order valence-electron chi connectivity index (χ2n) is 9.05. The zero-order chi connectivity index (χ0) is 24.5. The molecule has 0 spiro atoms. The fraction of sp³-hybridized carbons (Fsp3) is 0.250. The normalized spacial score (nSPS) is 18.1. The Kier molecular flexibility index (Phi) is 5.99. The van der Waals surface area contributed by atoms with E-state index in [2.05, 4.69) is 29.6 Å². The van der Waals surface area contributed by atoms with Crippen LogP contribution >= 0.6 is 0 Å². The van der Waals surface area contributed by atoms with Crippen LogP contribution in [0.3, 0.4) is 0 Å². The Bertz CT molecular complexity index is 1250. The third-order valence-electron chi connectivity index (χ3n) is 6.98. The van der Waals surface area contributed by atoms with E-state index in [9.17, 15) is 19.5 Å². The predicted octanol–water partition coefficient (Wildman–Crippen LogP) is 4.66. The Morgan fingerprint density at radius 2 is 1.49 bits per heavy atom. The van der Waals surface area contributed by atoms with E-state index >= 15 is 0 Å². The molecule has 3 aromatic rings. The summed E-state index contributed by atoms with van der Waals surface area (Å²) in [6.07, 6.45) is 0.484. The molecule has 0 unspecified atom stereocenters. The van der Waals surface area contributed by atoms with Gasteiger partial charge >= 0.3 is 12.1 Å². The zero-order valence-corrected chi connectivity index (χ0v) is 19.3. The van der Waals surface area contributed by atoms with E-state index in [4.69, 9.17) is 4.74 Å². The average molecular weight is 471 g/mol. The van der Waals surface area contributed by atoms with Gasteiger partial charge in [-0.05, 0) is 47.2 Å². The lowest BCUT2D eigenvalue weighted by atomic mass is 9.79. The molecule has 7 heteroatoms. The molecule has 35 heavy (non-hydrogen) atoms. The molecule has 2 amide bonds. The molecule has 0 heterocycles. The molecule has 0 atom stereocenters. The number of aromatic carboxylic acids is 1. The van der Waals surface area contributed by atoms with E-state index < -0.39 is 12.1 Å². The molecule has 5 rings (SSSR count). The van der Waals surface area contributed by atoms with Crippen LogP contribution in [0.5, 0.6) is 0 Å². The summed E-state index contributed by atoms with van der Waals surface area (Å²) in [5, 5.41) is 12.2. The number of hydrogen-bond donors (Lipinski definition) is 2. The van der Waals surface area contributed by atoms with E-state index in [1.54, 1.807) is 25.2 Å². The highest BCUT2D eigenvalue weighted by atomic mass is 16.5. The Balaban J connectivity index is 1.14. The Labute approximate surface area is 203 Å². The number of rotatable bonds is 6. The summed E-state index contributed by atoms with van der Waals surface area (Å²) in [5.41, 5.74) is 5.09. The summed E-state index contributed by atoms with van der Waals surface area (Å²) < 4.78 is 5.59. The van der Waals surface area contributed by atoms with Gasteiger partial charge in [0.15, 0.2) is 0 Å². The summed E-state index contributed by atoms with van der Waals surface area (Å²) >= 11 is 0. The minimum atomic E-state index is -1.08. The lowest BCUT2D eigenvalue weighted by Gasteiger charge is -2.36. The Morgan fingerprint density at radius 1 is 0.914 bits per heavy atom. The minimum Gasteiger partial charge on any atom is -0.478 e. The second-order valence-corrected chi connectivity index (χ2v) is 9.05. The first-order valence-corrected chi connectivity index (χ1v) is 11.7. The van der Waals surface area contributed by atoms with Crippen molar-refractivity contribution < 1.29 is 24.2 Å². The molecule has 0 bridgehead atoms. The first kappa shape index (κ1) is 22.7. The number of amides is 2. The smallest absolute Gasteiger partial charge is 0.407 e. The van der Waals surface area contributed by atoms with Crippen molar-refractivity contribution in [3.05, 3.63) is 89.5 Å². The van der Waals surface area contributed by atoms with Crippen LogP contribution in [-0.4, -0.2) is 42.8 Å². The van der Waals surface area contributed by atoms with Crippen molar-refractivity contribution in [1.29, 1.82) is 0 Å². The molecule has 0 saturated heterocycles. The van der Waals surface area contributed by atoms with Crippen LogP contribution < -0.4 is 10.2 Å². The number of para-hydroxylation sites is 1. The number of anilines is 1. The largest absolute Gasteiger partial charge is 0.478 e. The van der Waals surface area contributed by atoms with Crippen molar-refractivity contribution in [3.8, 4) is 11.1 Å². The number of hydrogen-bond acceptors (Lipinski definition) is 4. The van der Waals surface area contributed by atoms with Crippen molar-refractivity contribution in [2.75, 3.05) is 18.6 Å². The highest BCUT2D eigenvalue weighted by Crippen LogP contribution is 2.44. The summed E-state index contributed by atoms with van der Waals surface area (Å²) in [6, 6.07) is 22.6. The fourth-order valence-corrected chi connectivity index (χ4v) is 5.08. The predicted molar refractivity (Wildman–Crippen MR) is 132 cm³/mol. The molecule has 0 aromatic heterocycles. The summed E-state index contributed by atoms with van der Waals surface area (Å²) in [7, 11) is 1.58. The van der Waals surface area contributed by atoms with Gasteiger partial charge in [-0.25, -0.2) is 9.59 Å². The number of carboxylic acids is 1. The fourth-order valence-electron chi connectivity index (χ4n) is 5.08. The molecule has 2 N–H and O–H groups in total. The van der Waals surface area contributed by atoms with Crippen LogP contribution in [-0.2, 0) is 9.53 Å². The third kappa shape index (κ3) is 4.25. The maximum Gasteiger partial charge on any atom is 0.407 e. The average Bonchev–Trinajstić information content (AvgIpc) is 3.17. The molecular formula is C28H26N2O5.